The van der Waals surface area contributed by atoms with E-state index in [0.29, 0.717) is 35.6 Å². The van der Waals surface area contributed by atoms with Crippen LogP contribution in [0, 0.1) is 11.8 Å². The van der Waals surface area contributed by atoms with E-state index in [1.807, 2.05) is 36.4 Å². The Labute approximate surface area is 223 Å². The second-order valence-corrected chi connectivity index (χ2v) is 9.87. The Hall–Kier alpha value is -3.94. The van der Waals surface area contributed by atoms with Crippen molar-refractivity contribution >= 4 is 46.2 Å². The van der Waals surface area contributed by atoms with Gasteiger partial charge in [0.15, 0.2) is 11.6 Å². The molecule has 8 nitrogen and oxygen atoms in total. The molecule has 2 atom stereocenters. The summed E-state index contributed by atoms with van der Waals surface area (Å²) in [5.41, 5.74) is 2.42. The minimum absolute atomic E-state index is 0.0805. The number of carbonyl (C=O) groups excluding carboxylic acids is 4. The summed E-state index contributed by atoms with van der Waals surface area (Å²) < 4.78 is 0. The van der Waals surface area contributed by atoms with Gasteiger partial charge in [-0.3, -0.25) is 19.2 Å². The molecule has 2 aliphatic rings. The molecule has 0 spiro atoms. The first-order chi connectivity index (χ1) is 18.4. The molecule has 0 bridgehead atoms. The van der Waals surface area contributed by atoms with Crippen LogP contribution in [0.25, 0.3) is 0 Å². The molecule has 0 saturated heterocycles. The number of hydrazone groups is 2. The zero-order valence-corrected chi connectivity index (χ0v) is 22.0. The lowest BCUT2D eigenvalue weighted by Gasteiger charge is -2.14. The number of amides is 2. The monoisotopic (exact) mass is 514 g/mol. The van der Waals surface area contributed by atoms with Crippen molar-refractivity contribution < 1.29 is 19.2 Å². The maximum atomic E-state index is 12.8. The van der Waals surface area contributed by atoms with Gasteiger partial charge in [-0.1, -0.05) is 62.1 Å². The fourth-order valence-corrected chi connectivity index (χ4v) is 4.98. The van der Waals surface area contributed by atoms with Gasteiger partial charge in [0.2, 0.25) is 0 Å². The fourth-order valence-electron chi connectivity index (χ4n) is 4.98. The van der Waals surface area contributed by atoms with E-state index in [1.54, 1.807) is 38.1 Å². The number of nitrogens with zero attached hydrogens (tertiary/aromatic N) is 4. The summed E-state index contributed by atoms with van der Waals surface area (Å²) in [7, 11) is 0. The molecule has 0 radical (unpaired) electrons. The highest BCUT2D eigenvalue weighted by Gasteiger charge is 2.40. The number of hydrogen-bond acceptors (Lipinski definition) is 6. The van der Waals surface area contributed by atoms with Crippen LogP contribution in [0.15, 0.2) is 70.9 Å². The number of para-hydroxylation sites is 2. The lowest BCUT2D eigenvalue weighted by Crippen LogP contribution is -2.32. The van der Waals surface area contributed by atoms with E-state index >= 15 is 0 Å². The molecule has 2 aromatic rings. The lowest BCUT2D eigenvalue weighted by molar-refractivity contribution is -0.130. The van der Waals surface area contributed by atoms with Crippen LogP contribution < -0.4 is 10.0 Å². The molecule has 38 heavy (non-hydrogen) atoms. The van der Waals surface area contributed by atoms with E-state index in [1.165, 1.54) is 10.0 Å². The van der Waals surface area contributed by atoms with Crippen LogP contribution in [0.1, 0.15) is 65.2 Å². The van der Waals surface area contributed by atoms with Crippen molar-refractivity contribution in [2.45, 2.75) is 65.2 Å². The van der Waals surface area contributed by atoms with E-state index in [4.69, 9.17) is 0 Å². The predicted molar refractivity (Wildman–Crippen MR) is 148 cm³/mol. The number of hydrogen-bond donors (Lipinski definition) is 0. The molecule has 198 valence electrons. The molecule has 0 aliphatic carbocycles. The van der Waals surface area contributed by atoms with E-state index in [-0.39, 0.29) is 23.4 Å². The highest BCUT2D eigenvalue weighted by atomic mass is 16.2. The third-order valence-electron chi connectivity index (χ3n) is 7.00. The van der Waals surface area contributed by atoms with Crippen LogP contribution in [0.2, 0.25) is 0 Å². The second kappa shape index (κ2) is 12.5. The normalized spacial score (nSPS) is 19.1. The van der Waals surface area contributed by atoms with Gasteiger partial charge in [0.25, 0.3) is 11.8 Å². The molecule has 8 heteroatoms. The summed E-state index contributed by atoms with van der Waals surface area (Å²) in [6.45, 7) is 3.47. The van der Waals surface area contributed by atoms with Gasteiger partial charge in [-0.25, -0.2) is 0 Å². The highest BCUT2D eigenvalue weighted by molar-refractivity contribution is 6.27. The zero-order valence-electron chi connectivity index (χ0n) is 22.0. The lowest BCUT2D eigenvalue weighted by atomic mass is 9.94. The number of ketones is 2. The smallest absolute Gasteiger partial charge is 0.263 e. The van der Waals surface area contributed by atoms with Gasteiger partial charge in [0, 0.05) is 12.8 Å². The van der Waals surface area contributed by atoms with Crippen molar-refractivity contribution in [3.8, 4) is 0 Å². The van der Waals surface area contributed by atoms with Gasteiger partial charge in [-0.2, -0.15) is 20.2 Å². The first-order valence-corrected chi connectivity index (χ1v) is 13.3. The van der Waals surface area contributed by atoms with Gasteiger partial charge in [-0.05, 0) is 51.0 Å². The standard InChI is InChI=1S/C30H34N4O4/c1-21-27(29(37)33(31-21)23-15-9-7-10-16-23)25(35)19-13-5-3-4-6-14-20-26(36)28-22(2)32-34(30(28)38)24-17-11-8-12-18-24/h7-12,15-18,27-28H,3-6,13-14,19-20H2,1-2H3/t27-,28-/m1/s1. The van der Waals surface area contributed by atoms with E-state index in [9.17, 15) is 19.2 Å². The summed E-state index contributed by atoms with van der Waals surface area (Å²) in [4.78, 5) is 51.0. The van der Waals surface area contributed by atoms with Gasteiger partial charge < -0.3 is 0 Å². The summed E-state index contributed by atoms with van der Waals surface area (Å²) in [6, 6.07) is 18.3. The Kier molecular flexibility index (Phi) is 8.94. The van der Waals surface area contributed by atoms with E-state index in [2.05, 4.69) is 10.2 Å². The predicted octanol–water partition coefficient (Wildman–Crippen LogP) is 5.32. The molecular formula is C30H34N4O4. The van der Waals surface area contributed by atoms with Crippen LogP contribution >= 0.6 is 0 Å². The molecule has 2 aliphatic heterocycles. The third-order valence-corrected chi connectivity index (χ3v) is 7.00. The highest BCUT2D eigenvalue weighted by Crippen LogP contribution is 2.27. The molecule has 0 N–H and O–H groups in total. The van der Waals surface area contributed by atoms with E-state index < -0.39 is 11.8 Å². The van der Waals surface area contributed by atoms with Crippen molar-refractivity contribution in [3.05, 3.63) is 60.7 Å². The van der Waals surface area contributed by atoms with Gasteiger partial charge in [0.1, 0.15) is 11.8 Å². The number of Topliss-reactive ketones (excluding diaryl/α,β-unsaturated/α-hetero) is 2. The third kappa shape index (κ3) is 6.13. The average molecular weight is 515 g/mol. The summed E-state index contributed by atoms with van der Waals surface area (Å²) in [5.74, 6) is -2.30. The van der Waals surface area contributed by atoms with Crippen molar-refractivity contribution in [2.75, 3.05) is 10.0 Å². The molecule has 2 amide bonds. The molecule has 0 aromatic heterocycles. The van der Waals surface area contributed by atoms with Crippen molar-refractivity contribution in [1.82, 2.24) is 0 Å². The summed E-state index contributed by atoms with van der Waals surface area (Å²) in [6.07, 6.45) is 5.83. The Morgan fingerprint density at radius 3 is 1.32 bits per heavy atom. The zero-order chi connectivity index (χ0) is 27.1. The fraction of sp³-hybridized carbons (Fsp3) is 0.400. The molecule has 0 fully saturated rings. The van der Waals surface area contributed by atoms with E-state index in [0.717, 1.165) is 38.5 Å². The summed E-state index contributed by atoms with van der Waals surface area (Å²) >= 11 is 0. The van der Waals surface area contributed by atoms with Crippen molar-refractivity contribution in [2.24, 2.45) is 22.0 Å². The largest absolute Gasteiger partial charge is 0.298 e. The maximum absolute atomic E-state index is 12.8. The molecule has 2 heterocycles. The van der Waals surface area contributed by atoms with Gasteiger partial charge in [-0.15, -0.1) is 0 Å². The maximum Gasteiger partial charge on any atom is 0.263 e. The number of rotatable bonds is 13. The number of benzene rings is 2. The average Bonchev–Trinajstić information content (AvgIpc) is 3.40. The quantitative estimate of drug-likeness (QED) is 0.267. The first-order valence-electron chi connectivity index (χ1n) is 13.3. The Bertz CT molecular complexity index is 1140. The number of unbranched alkanes of at least 4 members (excludes halogenated alkanes) is 5. The topological polar surface area (TPSA) is 99.5 Å². The van der Waals surface area contributed by atoms with Gasteiger partial charge in [0.05, 0.1) is 22.8 Å². The van der Waals surface area contributed by atoms with Crippen molar-refractivity contribution in [1.29, 1.82) is 0 Å². The van der Waals surface area contributed by atoms with Gasteiger partial charge >= 0.3 is 0 Å². The molecule has 0 unspecified atom stereocenters. The second-order valence-electron chi connectivity index (χ2n) is 9.87. The Morgan fingerprint density at radius 2 is 0.947 bits per heavy atom. The van der Waals surface area contributed by atoms with Crippen LogP contribution in [0.5, 0.6) is 0 Å². The molecule has 2 aromatic carbocycles. The van der Waals surface area contributed by atoms with Crippen LogP contribution in [-0.2, 0) is 19.2 Å². The first kappa shape index (κ1) is 27.1. The molecule has 0 saturated carbocycles. The van der Waals surface area contributed by atoms with Crippen LogP contribution in [0.3, 0.4) is 0 Å². The minimum atomic E-state index is -0.788. The number of carbonyl (C=O) groups is 4. The molecule has 4 rings (SSSR count). The van der Waals surface area contributed by atoms with Crippen molar-refractivity contribution in [3.63, 3.8) is 0 Å². The number of anilines is 2. The minimum Gasteiger partial charge on any atom is -0.298 e. The molecular weight excluding hydrogens is 480 g/mol. The Morgan fingerprint density at radius 1 is 0.605 bits per heavy atom. The van der Waals surface area contributed by atoms with Crippen LogP contribution in [-0.4, -0.2) is 34.8 Å². The summed E-state index contributed by atoms with van der Waals surface area (Å²) in [5, 5.41) is 11.3. The van der Waals surface area contributed by atoms with Crippen LogP contribution in [0.4, 0.5) is 11.4 Å². The Balaban J connectivity index is 1.11. The SMILES string of the molecule is CC1=NN(c2ccccc2)C(=O)[C@H]1C(=O)CCCCCCCCC(=O)[C@@H]1C(=O)N(c2ccccc2)N=C1C.